The summed E-state index contributed by atoms with van der Waals surface area (Å²) in [7, 11) is 0. The van der Waals surface area contributed by atoms with Crippen LogP contribution < -0.4 is 10.7 Å². The van der Waals surface area contributed by atoms with Crippen molar-refractivity contribution in [3.63, 3.8) is 0 Å². The summed E-state index contributed by atoms with van der Waals surface area (Å²) in [6.07, 6.45) is 3.18. The highest BCUT2D eigenvalue weighted by atomic mass is 35.5. The zero-order valence-electron chi connectivity index (χ0n) is 13.8. The lowest BCUT2D eigenvalue weighted by atomic mass is 10.1. The van der Waals surface area contributed by atoms with Crippen LogP contribution in [0, 0.1) is 0 Å². The predicted octanol–water partition coefficient (Wildman–Crippen LogP) is 3.05. The first kappa shape index (κ1) is 16.5. The van der Waals surface area contributed by atoms with Gasteiger partial charge in [0.25, 0.3) is 0 Å². The number of pyridine rings is 1. The first-order valence-corrected chi connectivity index (χ1v) is 8.54. The van der Waals surface area contributed by atoms with Crippen molar-refractivity contribution in [3.8, 4) is 5.69 Å². The number of hydrogen-bond acceptors (Lipinski definition) is 4. The van der Waals surface area contributed by atoms with Gasteiger partial charge in [0.05, 0.1) is 16.2 Å². The lowest BCUT2D eigenvalue weighted by molar-refractivity contribution is 0.675. The Hall–Kier alpha value is -2.96. The van der Waals surface area contributed by atoms with Gasteiger partial charge in [-0.25, -0.2) is 9.67 Å². The van der Waals surface area contributed by atoms with Gasteiger partial charge in [0.15, 0.2) is 5.43 Å². The Labute approximate surface area is 154 Å². The molecule has 6 nitrogen and oxygen atoms in total. The summed E-state index contributed by atoms with van der Waals surface area (Å²) in [4.78, 5) is 19.5. The van der Waals surface area contributed by atoms with Crippen molar-refractivity contribution in [1.82, 2.24) is 25.1 Å². The summed E-state index contributed by atoms with van der Waals surface area (Å²) in [5.74, 6) is 0. The van der Waals surface area contributed by atoms with Crippen LogP contribution in [-0.4, -0.2) is 19.7 Å². The Morgan fingerprint density at radius 3 is 2.85 bits per heavy atom. The number of H-pyrrole nitrogens is 1. The molecule has 2 aromatic carbocycles. The lowest BCUT2D eigenvalue weighted by Gasteiger charge is -2.11. The van der Waals surface area contributed by atoms with Crippen molar-refractivity contribution in [1.29, 1.82) is 0 Å². The molecule has 0 atom stereocenters. The highest BCUT2D eigenvalue weighted by Crippen LogP contribution is 2.19. The van der Waals surface area contributed by atoms with E-state index in [1.165, 1.54) is 6.33 Å². The Balaban J connectivity index is 1.54. The van der Waals surface area contributed by atoms with Gasteiger partial charge in [0.2, 0.25) is 0 Å². The largest absolute Gasteiger partial charge is 0.356 e. The molecule has 0 aliphatic carbocycles. The highest BCUT2D eigenvalue weighted by molar-refractivity contribution is 6.35. The summed E-state index contributed by atoms with van der Waals surface area (Å²) in [6.45, 7) is 1.14. The molecule has 0 aliphatic heterocycles. The molecule has 0 aliphatic rings. The van der Waals surface area contributed by atoms with E-state index in [9.17, 15) is 4.79 Å². The molecule has 0 radical (unpaired) electrons. The van der Waals surface area contributed by atoms with Gasteiger partial charge in [0, 0.05) is 30.2 Å². The van der Waals surface area contributed by atoms with Gasteiger partial charge in [-0.3, -0.25) is 4.79 Å². The molecule has 7 heteroatoms. The predicted molar refractivity (Wildman–Crippen MR) is 101 cm³/mol. The molecule has 0 saturated heterocycles. The van der Waals surface area contributed by atoms with Crippen LogP contribution in [0.25, 0.3) is 16.6 Å². The van der Waals surface area contributed by atoms with Crippen LogP contribution in [0.5, 0.6) is 0 Å². The Morgan fingerprint density at radius 2 is 2.00 bits per heavy atom. The van der Waals surface area contributed by atoms with Gasteiger partial charge in [-0.2, -0.15) is 5.10 Å². The molecular formula is C19H16ClN5O. The topological polar surface area (TPSA) is 75.6 Å². The summed E-state index contributed by atoms with van der Waals surface area (Å²) in [5.41, 5.74) is 3.46. The standard InChI is InChI=1S/C19H16ClN5O/c20-16-6-3-5-15-18(26)8-14(24-19(15)16)10-21-9-13-4-1-2-7-17(13)25-12-22-11-23-25/h1-8,11-12,21H,9-10H2,(H,24,26). The minimum absolute atomic E-state index is 0.0407. The van der Waals surface area contributed by atoms with Crippen LogP contribution in [0.3, 0.4) is 0 Å². The van der Waals surface area contributed by atoms with E-state index < -0.39 is 0 Å². The third-order valence-electron chi connectivity index (χ3n) is 4.16. The van der Waals surface area contributed by atoms with Gasteiger partial charge < -0.3 is 10.3 Å². The highest BCUT2D eigenvalue weighted by Gasteiger charge is 2.07. The van der Waals surface area contributed by atoms with Crippen molar-refractivity contribution in [2.24, 2.45) is 0 Å². The fourth-order valence-corrected chi connectivity index (χ4v) is 3.15. The zero-order valence-corrected chi connectivity index (χ0v) is 14.6. The van der Waals surface area contributed by atoms with E-state index in [1.807, 2.05) is 24.3 Å². The number of rotatable bonds is 5. The Bertz CT molecular complexity index is 1100. The van der Waals surface area contributed by atoms with E-state index >= 15 is 0 Å². The average Bonchev–Trinajstić information content (AvgIpc) is 3.18. The van der Waals surface area contributed by atoms with Gasteiger partial charge in [-0.15, -0.1) is 0 Å². The number of nitrogens with one attached hydrogen (secondary N) is 2. The normalized spacial score (nSPS) is 11.1. The summed E-state index contributed by atoms with van der Waals surface area (Å²) in [6, 6.07) is 14.9. The van der Waals surface area contributed by atoms with E-state index in [1.54, 1.807) is 35.3 Å². The van der Waals surface area contributed by atoms with Crippen molar-refractivity contribution in [2.75, 3.05) is 0 Å². The zero-order chi connectivity index (χ0) is 17.9. The molecule has 0 saturated carbocycles. The second-order valence-electron chi connectivity index (χ2n) is 5.89. The second kappa shape index (κ2) is 7.11. The van der Waals surface area contributed by atoms with Crippen molar-refractivity contribution in [3.05, 3.63) is 87.7 Å². The molecule has 130 valence electrons. The summed E-state index contributed by atoms with van der Waals surface area (Å²) in [5, 5.41) is 8.68. The average molecular weight is 366 g/mol. The molecule has 26 heavy (non-hydrogen) atoms. The first-order chi connectivity index (χ1) is 12.7. The van der Waals surface area contributed by atoms with Gasteiger partial charge in [0.1, 0.15) is 12.7 Å². The lowest BCUT2D eigenvalue weighted by Crippen LogP contribution is -2.17. The van der Waals surface area contributed by atoms with Crippen LogP contribution in [0.2, 0.25) is 5.02 Å². The molecule has 2 N–H and O–H groups in total. The van der Waals surface area contributed by atoms with E-state index in [2.05, 4.69) is 20.4 Å². The van der Waals surface area contributed by atoms with Crippen LogP contribution in [0.1, 0.15) is 11.3 Å². The second-order valence-corrected chi connectivity index (χ2v) is 6.30. The number of nitrogens with zero attached hydrogens (tertiary/aromatic N) is 3. The Kier molecular flexibility index (Phi) is 4.51. The van der Waals surface area contributed by atoms with Crippen LogP contribution >= 0.6 is 11.6 Å². The van der Waals surface area contributed by atoms with Crippen molar-refractivity contribution in [2.45, 2.75) is 13.1 Å². The maximum atomic E-state index is 12.3. The number of aromatic nitrogens is 4. The van der Waals surface area contributed by atoms with Crippen LogP contribution in [0.15, 0.2) is 66.0 Å². The van der Waals surface area contributed by atoms with E-state index in [0.717, 1.165) is 16.9 Å². The van der Waals surface area contributed by atoms with Gasteiger partial charge in [-0.05, 0) is 23.8 Å². The fraction of sp³-hybridized carbons (Fsp3) is 0.105. The molecule has 2 aromatic heterocycles. The van der Waals surface area contributed by atoms with Crippen molar-refractivity contribution < 1.29 is 0 Å². The quantitative estimate of drug-likeness (QED) is 0.570. The van der Waals surface area contributed by atoms with Crippen LogP contribution in [0.4, 0.5) is 0 Å². The monoisotopic (exact) mass is 365 g/mol. The summed E-state index contributed by atoms with van der Waals surface area (Å²) < 4.78 is 1.73. The maximum Gasteiger partial charge on any atom is 0.189 e. The van der Waals surface area contributed by atoms with E-state index in [0.29, 0.717) is 29.0 Å². The maximum absolute atomic E-state index is 12.3. The Morgan fingerprint density at radius 1 is 1.12 bits per heavy atom. The van der Waals surface area contributed by atoms with Gasteiger partial charge in [-0.1, -0.05) is 35.9 Å². The first-order valence-electron chi connectivity index (χ1n) is 8.16. The minimum atomic E-state index is -0.0407. The molecule has 4 rings (SSSR count). The number of para-hydroxylation sites is 2. The minimum Gasteiger partial charge on any atom is -0.356 e. The fourth-order valence-electron chi connectivity index (χ4n) is 2.93. The SMILES string of the molecule is O=c1cc(CNCc2ccccc2-n2cncn2)[nH]c2c(Cl)cccc12. The molecule has 0 amide bonds. The van der Waals surface area contributed by atoms with Crippen LogP contribution in [-0.2, 0) is 13.1 Å². The van der Waals surface area contributed by atoms with E-state index in [4.69, 9.17) is 11.6 Å². The molecule has 0 unspecified atom stereocenters. The number of benzene rings is 2. The smallest absolute Gasteiger partial charge is 0.189 e. The third-order valence-corrected chi connectivity index (χ3v) is 4.47. The third kappa shape index (κ3) is 3.24. The number of hydrogen-bond donors (Lipinski definition) is 2. The number of aromatic amines is 1. The molecule has 0 fully saturated rings. The molecule has 0 bridgehead atoms. The number of halogens is 1. The molecule has 0 spiro atoms. The van der Waals surface area contributed by atoms with E-state index in [-0.39, 0.29) is 5.43 Å². The van der Waals surface area contributed by atoms with Gasteiger partial charge >= 0.3 is 0 Å². The summed E-state index contributed by atoms with van der Waals surface area (Å²) >= 11 is 6.20. The molecular weight excluding hydrogens is 350 g/mol. The van der Waals surface area contributed by atoms with Crippen molar-refractivity contribution >= 4 is 22.5 Å². The number of fused-ring (bicyclic) bond motifs is 1. The molecule has 4 aromatic rings. The molecule has 2 heterocycles.